The van der Waals surface area contributed by atoms with Crippen LogP contribution >= 0.6 is 0 Å². The molecule has 0 unspecified atom stereocenters. The van der Waals surface area contributed by atoms with Crippen LogP contribution in [0.4, 0.5) is 4.39 Å². The lowest BCUT2D eigenvalue weighted by Crippen LogP contribution is -1.85. The van der Waals surface area contributed by atoms with Gasteiger partial charge in [0.2, 0.25) is 0 Å². The van der Waals surface area contributed by atoms with Crippen LogP contribution in [0.25, 0.3) is 10.4 Å². The predicted octanol–water partition coefficient (Wildman–Crippen LogP) is 2.94. The third-order valence-electron chi connectivity index (χ3n) is 1.55. The molecule has 0 saturated carbocycles. The molecule has 4 heteroatoms. The Morgan fingerprint density at radius 1 is 1.58 bits per heavy atom. The fourth-order valence-electron chi connectivity index (χ4n) is 0.848. The van der Waals surface area contributed by atoms with E-state index < -0.39 is 0 Å². The average Bonchev–Trinajstić information content (AvgIpc) is 2.07. The largest absolute Gasteiger partial charge is 0.207 e. The first-order chi connectivity index (χ1) is 5.74. The summed E-state index contributed by atoms with van der Waals surface area (Å²) in [6, 6.07) is 4.79. The molecule has 1 aromatic rings. The Labute approximate surface area is 69.5 Å². The molecular formula is C8H8FN3. The number of hydrogen-bond acceptors (Lipinski definition) is 1. The van der Waals surface area contributed by atoms with E-state index in [1.807, 2.05) is 0 Å². The van der Waals surface area contributed by atoms with Crippen LogP contribution in [0.3, 0.4) is 0 Å². The van der Waals surface area contributed by atoms with Gasteiger partial charge in [-0.05, 0) is 29.6 Å². The summed E-state index contributed by atoms with van der Waals surface area (Å²) in [6.45, 7) is 1.89. The molecule has 0 aromatic heterocycles. The molecule has 0 aliphatic rings. The first kappa shape index (κ1) is 8.56. The SMILES string of the molecule is Cc1ccc(CN=[N+]=[N-])cc1F. The Hall–Kier alpha value is -1.54. The van der Waals surface area contributed by atoms with Gasteiger partial charge in [-0.2, -0.15) is 0 Å². The zero-order valence-electron chi connectivity index (χ0n) is 6.66. The van der Waals surface area contributed by atoms with Crippen LogP contribution in [0.2, 0.25) is 0 Å². The van der Waals surface area contributed by atoms with Crippen LogP contribution in [0.5, 0.6) is 0 Å². The minimum absolute atomic E-state index is 0.202. The van der Waals surface area contributed by atoms with Gasteiger partial charge in [0.25, 0.3) is 0 Å². The molecule has 0 radical (unpaired) electrons. The second-order valence-electron chi connectivity index (χ2n) is 2.47. The number of nitrogens with zero attached hydrogens (tertiary/aromatic N) is 3. The molecule has 0 heterocycles. The highest BCUT2D eigenvalue weighted by Gasteiger charge is 1.97. The number of azide groups is 1. The van der Waals surface area contributed by atoms with Gasteiger partial charge in [0.05, 0.1) is 6.54 Å². The van der Waals surface area contributed by atoms with Crippen molar-refractivity contribution < 1.29 is 4.39 Å². The molecule has 0 N–H and O–H groups in total. The Bertz CT molecular complexity index is 329. The minimum atomic E-state index is -0.263. The molecular weight excluding hydrogens is 157 g/mol. The molecule has 0 fully saturated rings. The molecule has 62 valence electrons. The van der Waals surface area contributed by atoms with E-state index in [0.717, 1.165) is 0 Å². The van der Waals surface area contributed by atoms with Crippen molar-refractivity contribution in [1.29, 1.82) is 0 Å². The highest BCUT2D eigenvalue weighted by atomic mass is 19.1. The number of hydrogen-bond donors (Lipinski definition) is 0. The van der Waals surface area contributed by atoms with Crippen LogP contribution in [0.15, 0.2) is 23.3 Å². The van der Waals surface area contributed by atoms with Gasteiger partial charge in [-0.25, -0.2) is 4.39 Å². The topological polar surface area (TPSA) is 48.8 Å². The van der Waals surface area contributed by atoms with E-state index in [4.69, 9.17) is 5.53 Å². The Morgan fingerprint density at radius 3 is 2.92 bits per heavy atom. The zero-order chi connectivity index (χ0) is 8.97. The first-order valence-corrected chi connectivity index (χ1v) is 3.50. The maximum Gasteiger partial charge on any atom is 0.126 e. The third-order valence-corrected chi connectivity index (χ3v) is 1.55. The Balaban J connectivity index is 2.89. The lowest BCUT2D eigenvalue weighted by molar-refractivity contribution is 0.616. The summed E-state index contributed by atoms with van der Waals surface area (Å²) in [5.41, 5.74) is 9.30. The third kappa shape index (κ3) is 1.97. The van der Waals surface area contributed by atoms with Gasteiger partial charge >= 0.3 is 0 Å². The van der Waals surface area contributed by atoms with E-state index in [2.05, 4.69) is 10.0 Å². The van der Waals surface area contributed by atoms with Gasteiger partial charge in [-0.3, -0.25) is 0 Å². The molecule has 12 heavy (non-hydrogen) atoms. The molecule has 0 spiro atoms. The van der Waals surface area contributed by atoms with Crippen LogP contribution in [0, 0.1) is 12.7 Å². The zero-order valence-corrected chi connectivity index (χ0v) is 6.66. The number of benzene rings is 1. The second-order valence-corrected chi connectivity index (χ2v) is 2.47. The first-order valence-electron chi connectivity index (χ1n) is 3.50. The summed E-state index contributed by atoms with van der Waals surface area (Å²) < 4.78 is 12.9. The van der Waals surface area contributed by atoms with Crippen LogP contribution in [-0.2, 0) is 6.54 Å². The van der Waals surface area contributed by atoms with Gasteiger partial charge in [-0.15, -0.1) is 0 Å². The fourth-order valence-corrected chi connectivity index (χ4v) is 0.848. The summed E-state index contributed by atoms with van der Waals surface area (Å²) in [5.74, 6) is -0.263. The highest BCUT2D eigenvalue weighted by molar-refractivity contribution is 5.23. The van der Waals surface area contributed by atoms with Gasteiger partial charge in [0, 0.05) is 4.91 Å². The number of halogens is 1. The summed E-state index contributed by atoms with van der Waals surface area (Å²) in [6.07, 6.45) is 0. The monoisotopic (exact) mass is 165 g/mol. The minimum Gasteiger partial charge on any atom is -0.207 e. The number of aryl methyl sites for hydroxylation is 1. The van der Waals surface area contributed by atoms with Crippen molar-refractivity contribution in [1.82, 2.24) is 0 Å². The molecule has 0 amide bonds. The van der Waals surface area contributed by atoms with Crippen molar-refractivity contribution in [2.75, 3.05) is 0 Å². The van der Waals surface area contributed by atoms with E-state index in [0.29, 0.717) is 11.1 Å². The maximum absolute atomic E-state index is 12.9. The molecule has 0 saturated heterocycles. The highest BCUT2D eigenvalue weighted by Crippen LogP contribution is 2.09. The van der Waals surface area contributed by atoms with Crippen LogP contribution in [-0.4, -0.2) is 0 Å². The lowest BCUT2D eigenvalue weighted by atomic mass is 10.1. The average molecular weight is 165 g/mol. The van der Waals surface area contributed by atoms with E-state index in [9.17, 15) is 4.39 Å². The number of rotatable bonds is 2. The summed E-state index contributed by atoms with van der Waals surface area (Å²) >= 11 is 0. The van der Waals surface area contributed by atoms with E-state index in [-0.39, 0.29) is 12.4 Å². The van der Waals surface area contributed by atoms with E-state index in [1.54, 1.807) is 19.1 Å². The predicted molar refractivity (Wildman–Crippen MR) is 44.0 cm³/mol. The smallest absolute Gasteiger partial charge is 0.126 e. The molecule has 0 bridgehead atoms. The van der Waals surface area contributed by atoms with Crippen molar-refractivity contribution >= 4 is 0 Å². The summed E-state index contributed by atoms with van der Waals surface area (Å²) in [5, 5.41) is 3.33. The molecule has 1 aromatic carbocycles. The van der Waals surface area contributed by atoms with Crippen molar-refractivity contribution in [3.05, 3.63) is 45.6 Å². The molecule has 1 rings (SSSR count). The van der Waals surface area contributed by atoms with E-state index in [1.165, 1.54) is 6.07 Å². The molecule has 0 atom stereocenters. The van der Waals surface area contributed by atoms with Gasteiger partial charge in [0.15, 0.2) is 0 Å². The Kier molecular flexibility index (Phi) is 2.66. The normalized spacial score (nSPS) is 9.17. The van der Waals surface area contributed by atoms with Gasteiger partial charge in [0.1, 0.15) is 5.82 Å². The Morgan fingerprint density at radius 2 is 2.33 bits per heavy atom. The quantitative estimate of drug-likeness (QED) is 0.367. The van der Waals surface area contributed by atoms with Gasteiger partial charge < -0.3 is 0 Å². The molecule has 0 aliphatic carbocycles. The van der Waals surface area contributed by atoms with Crippen LogP contribution < -0.4 is 0 Å². The molecule has 3 nitrogen and oxygen atoms in total. The lowest BCUT2D eigenvalue weighted by Gasteiger charge is -1.98. The van der Waals surface area contributed by atoms with Crippen molar-refractivity contribution in [2.24, 2.45) is 5.11 Å². The van der Waals surface area contributed by atoms with E-state index >= 15 is 0 Å². The second kappa shape index (κ2) is 3.74. The summed E-state index contributed by atoms with van der Waals surface area (Å²) in [7, 11) is 0. The summed E-state index contributed by atoms with van der Waals surface area (Å²) in [4.78, 5) is 2.59. The van der Waals surface area contributed by atoms with Gasteiger partial charge in [-0.1, -0.05) is 17.2 Å². The maximum atomic E-state index is 12.9. The molecule has 0 aliphatic heterocycles. The van der Waals surface area contributed by atoms with Crippen molar-refractivity contribution in [3.8, 4) is 0 Å². The fraction of sp³-hybridized carbons (Fsp3) is 0.250. The standard InChI is InChI=1S/C8H8FN3/c1-6-2-3-7(4-8(6)9)5-11-12-10/h2-4H,5H2,1H3. The van der Waals surface area contributed by atoms with Crippen molar-refractivity contribution in [2.45, 2.75) is 13.5 Å². The van der Waals surface area contributed by atoms with Crippen LogP contribution in [0.1, 0.15) is 11.1 Å². The van der Waals surface area contributed by atoms with Crippen molar-refractivity contribution in [3.63, 3.8) is 0 Å².